The molecule has 31 heavy (non-hydrogen) atoms. The molecule has 1 saturated heterocycles. The van der Waals surface area contributed by atoms with Crippen molar-refractivity contribution in [3.05, 3.63) is 59.7 Å². The maximum absolute atomic E-state index is 13.2. The quantitative estimate of drug-likeness (QED) is 0.624. The summed E-state index contributed by atoms with van der Waals surface area (Å²) >= 11 is 0. The van der Waals surface area contributed by atoms with E-state index >= 15 is 0 Å². The number of rotatable bonds is 9. The molecule has 7 heteroatoms. The van der Waals surface area contributed by atoms with Crippen molar-refractivity contribution in [2.45, 2.75) is 12.3 Å². The number of nitrogens with zero attached hydrogens (tertiary/aromatic N) is 1. The Morgan fingerprint density at radius 3 is 2.42 bits per heavy atom. The molecule has 2 aromatic carbocycles. The average molecular weight is 427 g/mol. The van der Waals surface area contributed by atoms with Crippen molar-refractivity contribution in [2.24, 2.45) is 5.92 Å². The van der Waals surface area contributed by atoms with Gasteiger partial charge in [-0.1, -0.05) is 18.2 Å². The fourth-order valence-electron chi connectivity index (χ4n) is 3.94. The lowest BCUT2D eigenvalue weighted by Gasteiger charge is -2.18. The van der Waals surface area contributed by atoms with E-state index in [9.17, 15) is 9.59 Å². The first kappa shape index (κ1) is 22.6. The van der Waals surface area contributed by atoms with E-state index < -0.39 is 0 Å². The summed E-state index contributed by atoms with van der Waals surface area (Å²) in [5.74, 6) is 0.735. The first-order chi connectivity index (χ1) is 15.1. The van der Waals surface area contributed by atoms with E-state index in [1.807, 2.05) is 24.3 Å². The van der Waals surface area contributed by atoms with Gasteiger partial charge in [-0.15, -0.1) is 0 Å². The highest BCUT2D eigenvalue weighted by Crippen LogP contribution is 2.35. The van der Waals surface area contributed by atoms with E-state index in [0.29, 0.717) is 37.6 Å². The van der Waals surface area contributed by atoms with Gasteiger partial charge >= 0.3 is 0 Å². The molecule has 7 nitrogen and oxygen atoms in total. The number of benzene rings is 2. The predicted octanol–water partition coefficient (Wildman–Crippen LogP) is 2.71. The van der Waals surface area contributed by atoms with Gasteiger partial charge in [-0.05, 0) is 42.3 Å². The molecule has 0 aromatic heterocycles. The monoisotopic (exact) mass is 426 g/mol. The molecule has 0 radical (unpaired) electrons. The van der Waals surface area contributed by atoms with Crippen LogP contribution < -0.4 is 14.8 Å². The molecular weight excluding hydrogens is 396 g/mol. The first-order valence-corrected chi connectivity index (χ1v) is 10.4. The molecule has 0 aliphatic carbocycles. The molecule has 1 N–H and O–H groups in total. The van der Waals surface area contributed by atoms with Crippen LogP contribution in [0.2, 0.25) is 0 Å². The fraction of sp³-hybridized carbons (Fsp3) is 0.417. The minimum atomic E-state index is -0.343. The molecule has 0 spiro atoms. The third-order valence-corrected chi connectivity index (χ3v) is 5.61. The molecule has 2 amide bonds. The smallest absolute Gasteiger partial charge is 0.254 e. The summed E-state index contributed by atoms with van der Waals surface area (Å²) in [7, 11) is 4.83. The predicted molar refractivity (Wildman–Crippen MR) is 118 cm³/mol. The number of nitrogens with one attached hydrogen (secondary N) is 1. The van der Waals surface area contributed by atoms with Gasteiger partial charge in [0.1, 0.15) is 11.5 Å². The van der Waals surface area contributed by atoms with Crippen LogP contribution in [0.3, 0.4) is 0 Å². The van der Waals surface area contributed by atoms with Crippen molar-refractivity contribution in [3.8, 4) is 11.5 Å². The van der Waals surface area contributed by atoms with E-state index in [1.54, 1.807) is 50.5 Å². The van der Waals surface area contributed by atoms with Gasteiger partial charge in [-0.3, -0.25) is 9.59 Å². The van der Waals surface area contributed by atoms with Crippen molar-refractivity contribution in [1.29, 1.82) is 0 Å². The topological polar surface area (TPSA) is 77.1 Å². The number of ether oxygens (including phenoxy) is 3. The minimum Gasteiger partial charge on any atom is -0.497 e. The molecular formula is C24H30N2O5. The largest absolute Gasteiger partial charge is 0.497 e. The molecule has 0 saturated carbocycles. The summed E-state index contributed by atoms with van der Waals surface area (Å²) in [5, 5.41) is 3.00. The summed E-state index contributed by atoms with van der Waals surface area (Å²) in [6.45, 7) is 1.94. The van der Waals surface area contributed by atoms with Gasteiger partial charge in [0, 0.05) is 44.8 Å². The van der Waals surface area contributed by atoms with Crippen molar-refractivity contribution in [3.63, 3.8) is 0 Å². The summed E-state index contributed by atoms with van der Waals surface area (Å²) < 4.78 is 15.7. The van der Waals surface area contributed by atoms with E-state index in [1.165, 1.54) is 0 Å². The molecule has 1 heterocycles. The molecule has 1 aliphatic rings. The van der Waals surface area contributed by atoms with Crippen LogP contribution in [-0.4, -0.2) is 64.3 Å². The van der Waals surface area contributed by atoms with E-state index in [0.717, 1.165) is 17.7 Å². The lowest BCUT2D eigenvalue weighted by atomic mass is 9.88. The molecule has 0 bridgehead atoms. The zero-order valence-corrected chi connectivity index (χ0v) is 18.3. The van der Waals surface area contributed by atoms with Crippen LogP contribution in [0.5, 0.6) is 11.5 Å². The first-order valence-electron chi connectivity index (χ1n) is 10.4. The standard InChI is InChI=1S/C24H30N2O5/c1-29-12-6-11-25-23(27)22-16-26(24(28)18-8-5-10-20(14-18)31-3)15-21(22)17-7-4-9-19(13-17)30-2/h4-5,7-10,13-14,21-22H,6,11-12,15-16H2,1-3H3,(H,25,27). The second-order valence-corrected chi connectivity index (χ2v) is 7.57. The maximum Gasteiger partial charge on any atom is 0.254 e. The zero-order chi connectivity index (χ0) is 22.2. The van der Waals surface area contributed by atoms with Crippen LogP contribution in [-0.2, 0) is 9.53 Å². The Morgan fingerprint density at radius 2 is 1.71 bits per heavy atom. The number of methoxy groups -OCH3 is 3. The third-order valence-electron chi connectivity index (χ3n) is 5.61. The molecule has 1 fully saturated rings. The van der Waals surface area contributed by atoms with E-state index in [2.05, 4.69) is 5.32 Å². The number of carbonyl (C=O) groups excluding carboxylic acids is 2. The number of amides is 2. The van der Waals surface area contributed by atoms with Gasteiger partial charge in [0.25, 0.3) is 5.91 Å². The Morgan fingerprint density at radius 1 is 1.00 bits per heavy atom. The molecule has 166 valence electrons. The van der Waals surface area contributed by atoms with E-state index in [-0.39, 0.29) is 23.7 Å². The van der Waals surface area contributed by atoms with E-state index in [4.69, 9.17) is 14.2 Å². The molecule has 3 rings (SSSR count). The highest BCUT2D eigenvalue weighted by atomic mass is 16.5. The Labute approximate surface area is 183 Å². The molecule has 2 aromatic rings. The number of likely N-dealkylation sites (tertiary alicyclic amines) is 1. The minimum absolute atomic E-state index is 0.0511. The summed E-state index contributed by atoms with van der Waals surface area (Å²) in [6.07, 6.45) is 0.741. The van der Waals surface area contributed by atoms with Crippen LogP contribution >= 0.6 is 0 Å². The van der Waals surface area contributed by atoms with Gasteiger partial charge in [-0.25, -0.2) is 0 Å². The Kier molecular flexibility index (Phi) is 7.89. The highest BCUT2D eigenvalue weighted by molar-refractivity contribution is 5.95. The molecule has 2 unspecified atom stereocenters. The number of carbonyl (C=O) groups is 2. The number of hydrogen-bond acceptors (Lipinski definition) is 5. The maximum atomic E-state index is 13.2. The lowest BCUT2D eigenvalue weighted by Crippen LogP contribution is -2.36. The highest BCUT2D eigenvalue weighted by Gasteiger charge is 2.40. The Hall–Kier alpha value is -3.06. The average Bonchev–Trinajstić information content (AvgIpc) is 3.27. The molecule has 1 aliphatic heterocycles. The SMILES string of the molecule is COCCCNC(=O)C1CN(C(=O)c2cccc(OC)c2)CC1c1cccc(OC)c1. The van der Waals surface area contributed by atoms with Crippen LogP contribution in [0.25, 0.3) is 0 Å². The number of hydrogen-bond donors (Lipinski definition) is 1. The van der Waals surface area contributed by atoms with Crippen molar-refractivity contribution in [1.82, 2.24) is 10.2 Å². The summed E-state index contributed by atoms with van der Waals surface area (Å²) in [6, 6.07) is 14.8. The second-order valence-electron chi connectivity index (χ2n) is 7.57. The van der Waals surface area contributed by atoms with Crippen LogP contribution in [0, 0.1) is 5.92 Å². The second kappa shape index (κ2) is 10.8. The summed E-state index contributed by atoms with van der Waals surface area (Å²) in [4.78, 5) is 27.9. The van der Waals surface area contributed by atoms with Crippen LogP contribution in [0.15, 0.2) is 48.5 Å². The Balaban J connectivity index is 1.81. The normalized spacial score (nSPS) is 18.0. The van der Waals surface area contributed by atoms with Crippen molar-refractivity contribution < 1.29 is 23.8 Å². The van der Waals surface area contributed by atoms with Gasteiger partial charge in [0.15, 0.2) is 0 Å². The van der Waals surface area contributed by atoms with Gasteiger partial charge in [0.05, 0.1) is 20.1 Å². The van der Waals surface area contributed by atoms with Gasteiger partial charge in [-0.2, -0.15) is 0 Å². The molecule has 2 atom stereocenters. The Bertz CT molecular complexity index is 901. The van der Waals surface area contributed by atoms with Crippen LogP contribution in [0.4, 0.5) is 0 Å². The fourth-order valence-corrected chi connectivity index (χ4v) is 3.94. The van der Waals surface area contributed by atoms with Crippen LogP contribution in [0.1, 0.15) is 28.3 Å². The lowest BCUT2D eigenvalue weighted by molar-refractivity contribution is -0.124. The summed E-state index contributed by atoms with van der Waals surface area (Å²) in [5.41, 5.74) is 1.53. The van der Waals surface area contributed by atoms with Crippen molar-refractivity contribution >= 4 is 11.8 Å². The third kappa shape index (κ3) is 5.55. The zero-order valence-electron chi connectivity index (χ0n) is 18.3. The van der Waals surface area contributed by atoms with Gasteiger partial charge in [0.2, 0.25) is 5.91 Å². The van der Waals surface area contributed by atoms with Gasteiger partial charge < -0.3 is 24.4 Å². The van der Waals surface area contributed by atoms with Crippen molar-refractivity contribution in [2.75, 3.05) is 47.6 Å².